The first-order valence-electron chi connectivity index (χ1n) is 10.3. The number of hydrogen-bond acceptors (Lipinski definition) is 3. The number of benzene rings is 3. The summed E-state index contributed by atoms with van der Waals surface area (Å²) in [6, 6.07) is 25.2. The van der Waals surface area contributed by atoms with E-state index in [1.165, 1.54) is 0 Å². The summed E-state index contributed by atoms with van der Waals surface area (Å²) in [4.78, 5) is 14.9. The van der Waals surface area contributed by atoms with Crippen molar-refractivity contribution in [3.05, 3.63) is 95.0 Å². The molecule has 0 bridgehead atoms. The van der Waals surface area contributed by atoms with Crippen LogP contribution in [0.15, 0.2) is 78.9 Å². The van der Waals surface area contributed by atoms with E-state index in [1.54, 1.807) is 0 Å². The topological polar surface area (TPSA) is 41.6 Å². The van der Waals surface area contributed by atoms with Crippen LogP contribution in [0.2, 0.25) is 5.02 Å². The van der Waals surface area contributed by atoms with Gasteiger partial charge in [0.25, 0.3) is 5.91 Å². The van der Waals surface area contributed by atoms with Gasteiger partial charge in [-0.1, -0.05) is 41.9 Å². The standard InChI is InChI=1S/C25H25ClN2O2/c26-21-12-8-19(9-13-21)17-27-22-14-10-20(11-15-22)25(29)28-16-4-7-24(18-28)30-23-5-2-1-3-6-23/h1-3,5-6,8-15,24,27H,4,7,16-18H2. The number of halogens is 1. The molecule has 3 aromatic carbocycles. The quantitative estimate of drug-likeness (QED) is 0.561. The van der Waals surface area contributed by atoms with Crippen LogP contribution in [0, 0.1) is 0 Å². The summed E-state index contributed by atoms with van der Waals surface area (Å²) in [6.45, 7) is 2.09. The van der Waals surface area contributed by atoms with Crippen molar-refractivity contribution in [3.63, 3.8) is 0 Å². The number of likely N-dealkylation sites (tertiary alicyclic amines) is 1. The zero-order chi connectivity index (χ0) is 20.8. The molecule has 0 radical (unpaired) electrons. The van der Waals surface area contributed by atoms with Crippen molar-refractivity contribution >= 4 is 23.2 Å². The van der Waals surface area contributed by atoms with Crippen LogP contribution in [-0.2, 0) is 6.54 Å². The summed E-state index contributed by atoms with van der Waals surface area (Å²) in [6.07, 6.45) is 1.95. The molecule has 154 valence electrons. The lowest BCUT2D eigenvalue weighted by molar-refractivity contribution is 0.0538. The van der Waals surface area contributed by atoms with Crippen LogP contribution in [0.4, 0.5) is 5.69 Å². The average Bonchev–Trinajstić information content (AvgIpc) is 2.79. The first-order chi connectivity index (χ1) is 14.7. The van der Waals surface area contributed by atoms with E-state index in [9.17, 15) is 4.79 Å². The van der Waals surface area contributed by atoms with Gasteiger partial charge in [0.15, 0.2) is 0 Å². The highest BCUT2D eigenvalue weighted by atomic mass is 35.5. The summed E-state index contributed by atoms with van der Waals surface area (Å²) < 4.78 is 6.06. The Labute approximate surface area is 182 Å². The van der Waals surface area contributed by atoms with Gasteiger partial charge in [-0.25, -0.2) is 0 Å². The molecular weight excluding hydrogens is 396 g/mol. The number of para-hydroxylation sites is 1. The number of ether oxygens (including phenoxy) is 1. The van der Waals surface area contributed by atoms with Gasteiger partial charge in [0.1, 0.15) is 11.9 Å². The van der Waals surface area contributed by atoms with E-state index in [4.69, 9.17) is 16.3 Å². The van der Waals surface area contributed by atoms with Gasteiger partial charge in [-0.15, -0.1) is 0 Å². The summed E-state index contributed by atoms with van der Waals surface area (Å²) in [5.41, 5.74) is 2.83. The lowest BCUT2D eigenvalue weighted by Crippen LogP contribution is -2.44. The maximum absolute atomic E-state index is 13.0. The molecule has 1 aliphatic heterocycles. The van der Waals surface area contributed by atoms with Crippen molar-refractivity contribution in [1.29, 1.82) is 0 Å². The fraction of sp³-hybridized carbons (Fsp3) is 0.240. The Bertz CT molecular complexity index is 959. The zero-order valence-corrected chi connectivity index (χ0v) is 17.5. The second-order valence-electron chi connectivity index (χ2n) is 7.50. The fourth-order valence-corrected chi connectivity index (χ4v) is 3.76. The van der Waals surface area contributed by atoms with Crippen LogP contribution >= 0.6 is 11.6 Å². The summed E-state index contributed by atoms with van der Waals surface area (Å²) in [5, 5.41) is 4.10. The van der Waals surface area contributed by atoms with Crippen LogP contribution in [0.5, 0.6) is 5.75 Å². The number of carbonyl (C=O) groups excluding carboxylic acids is 1. The van der Waals surface area contributed by atoms with Gasteiger partial charge in [-0.05, 0) is 66.9 Å². The Morgan fingerprint density at radius 1 is 1.00 bits per heavy atom. The Kier molecular flexibility index (Phi) is 6.55. The maximum Gasteiger partial charge on any atom is 0.253 e. The Balaban J connectivity index is 1.33. The number of rotatable bonds is 6. The maximum atomic E-state index is 13.0. The summed E-state index contributed by atoms with van der Waals surface area (Å²) in [5.74, 6) is 0.911. The zero-order valence-electron chi connectivity index (χ0n) is 16.8. The van der Waals surface area contributed by atoms with Crippen molar-refractivity contribution < 1.29 is 9.53 Å². The smallest absolute Gasteiger partial charge is 0.253 e. The van der Waals surface area contributed by atoms with Gasteiger partial charge in [0.2, 0.25) is 0 Å². The van der Waals surface area contributed by atoms with E-state index in [0.717, 1.165) is 41.4 Å². The highest BCUT2D eigenvalue weighted by Crippen LogP contribution is 2.20. The lowest BCUT2D eigenvalue weighted by Gasteiger charge is -2.33. The molecular formula is C25H25ClN2O2. The van der Waals surface area contributed by atoms with E-state index < -0.39 is 0 Å². The fourth-order valence-electron chi connectivity index (χ4n) is 3.63. The first-order valence-corrected chi connectivity index (χ1v) is 10.6. The third kappa shape index (κ3) is 5.33. The average molecular weight is 421 g/mol. The molecule has 1 saturated heterocycles. The number of carbonyl (C=O) groups is 1. The summed E-state index contributed by atoms with van der Waals surface area (Å²) in [7, 11) is 0. The third-order valence-corrected chi connectivity index (χ3v) is 5.51. The van der Waals surface area contributed by atoms with Gasteiger partial charge in [0, 0.05) is 29.4 Å². The highest BCUT2D eigenvalue weighted by molar-refractivity contribution is 6.30. The van der Waals surface area contributed by atoms with Crippen LogP contribution in [-0.4, -0.2) is 30.0 Å². The van der Waals surface area contributed by atoms with Crippen LogP contribution in [0.25, 0.3) is 0 Å². The Morgan fingerprint density at radius 3 is 2.47 bits per heavy atom. The molecule has 5 heteroatoms. The molecule has 1 amide bonds. The van der Waals surface area contributed by atoms with E-state index in [1.807, 2.05) is 83.8 Å². The minimum atomic E-state index is 0.0328. The molecule has 0 saturated carbocycles. The third-order valence-electron chi connectivity index (χ3n) is 5.25. The molecule has 0 aliphatic carbocycles. The number of hydrogen-bond donors (Lipinski definition) is 1. The molecule has 30 heavy (non-hydrogen) atoms. The minimum Gasteiger partial charge on any atom is -0.489 e. The number of anilines is 1. The highest BCUT2D eigenvalue weighted by Gasteiger charge is 2.25. The van der Waals surface area contributed by atoms with Crippen molar-refractivity contribution in [2.24, 2.45) is 0 Å². The molecule has 1 aliphatic rings. The molecule has 0 aromatic heterocycles. The van der Waals surface area contributed by atoms with Gasteiger partial charge in [-0.3, -0.25) is 4.79 Å². The molecule has 4 nitrogen and oxygen atoms in total. The van der Waals surface area contributed by atoms with E-state index >= 15 is 0 Å². The summed E-state index contributed by atoms with van der Waals surface area (Å²) >= 11 is 5.93. The van der Waals surface area contributed by atoms with Crippen LogP contribution < -0.4 is 10.1 Å². The molecule has 1 N–H and O–H groups in total. The Morgan fingerprint density at radius 2 is 1.73 bits per heavy atom. The number of nitrogens with one attached hydrogen (secondary N) is 1. The predicted molar refractivity (Wildman–Crippen MR) is 121 cm³/mol. The molecule has 3 aromatic rings. The van der Waals surface area contributed by atoms with E-state index in [0.29, 0.717) is 18.7 Å². The molecule has 1 heterocycles. The first kappa shape index (κ1) is 20.3. The number of nitrogens with zero attached hydrogens (tertiary/aromatic N) is 1. The molecule has 4 rings (SSSR count). The Hall–Kier alpha value is -2.98. The van der Waals surface area contributed by atoms with Crippen LogP contribution in [0.1, 0.15) is 28.8 Å². The van der Waals surface area contributed by atoms with Gasteiger partial charge < -0.3 is 15.0 Å². The number of piperidine rings is 1. The molecule has 1 fully saturated rings. The molecule has 1 unspecified atom stereocenters. The van der Waals surface area contributed by atoms with Gasteiger partial charge in [0.05, 0.1) is 6.54 Å². The second-order valence-corrected chi connectivity index (χ2v) is 7.94. The van der Waals surface area contributed by atoms with E-state index in [-0.39, 0.29) is 12.0 Å². The largest absolute Gasteiger partial charge is 0.489 e. The minimum absolute atomic E-state index is 0.0328. The normalized spacial score (nSPS) is 16.2. The van der Waals surface area contributed by atoms with Crippen molar-refractivity contribution in [2.45, 2.75) is 25.5 Å². The predicted octanol–water partition coefficient (Wildman–Crippen LogP) is 5.64. The van der Waals surface area contributed by atoms with Crippen molar-refractivity contribution in [3.8, 4) is 5.75 Å². The SMILES string of the molecule is O=C(c1ccc(NCc2ccc(Cl)cc2)cc1)N1CCCC(Oc2ccccc2)C1. The van der Waals surface area contributed by atoms with E-state index in [2.05, 4.69) is 5.32 Å². The number of amides is 1. The van der Waals surface area contributed by atoms with Gasteiger partial charge >= 0.3 is 0 Å². The molecule has 0 spiro atoms. The van der Waals surface area contributed by atoms with Crippen molar-refractivity contribution in [2.75, 3.05) is 18.4 Å². The van der Waals surface area contributed by atoms with Gasteiger partial charge in [-0.2, -0.15) is 0 Å². The van der Waals surface area contributed by atoms with Crippen molar-refractivity contribution in [1.82, 2.24) is 4.90 Å². The monoisotopic (exact) mass is 420 g/mol. The second kappa shape index (κ2) is 9.68. The lowest BCUT2D eigenvalue weighted by atomic mass is 10.1. The molecule has 1 atom stereocenters. The van der Waals surface area contributed by atoms with Crippen LogP contribution in [0.3, 0.4) is 0 Å².